The number of carbonyl (C=O) groups is 1. The molecule has 0 spiro atoms. The lowest BCUT2D eigenvalue weighted by atomic mass is 9.98. The SMILES string of the molecule is O=C(NCc1cccc(-c2ccc(C3OC(CN4CCN(c5ccc([N+](=O)[O-])cc5)CC4)CC(c4ccc(CO)cc4)O3)cc2)c1)c1cccnc1. The summed E-state index contributed by atoms with van der Waals surface area (Å²) in [6.45, 7) is 4.46. The highest BCUT2D eigenvalue weighted by Crippen LogP contribution is 2.39. The van der Waals surface area contributed by atoms with Gasteiger partial charge in [-0.05, 0) is 58.1 Å². The van der Waals surface area contributed by atoms with Gasteiger partial charge in [0.2, 0.25) is 0 Å². The largest absolute Gasteiger partial charge is 0.392 e. The molecule has 4 aromatic carbocycles. The van der Waals surface area contributed by atoms with E-state index >= 15 is 0 Å². The monoisotopic (exact) mass is 699 g/mol. The smallest absolute Gasteiger partial charge is 0.269 e. The zero-order valence-corrected chi connectivity index (χ0v) is 28.7. The lowest BCUT2D eigenvalue weighted by Crippen LogP contribution is -2.49. The van der Waals surface area contributed by atoms with E-state index < -0.39 is 6.29 Å². The standard InChI is InChI=1S/C41H41N5O6/c47-28-29-6-8-32(9-7-29)39-24-38(27-44-19-21-45(22-20-44)36-14-16-37(17-15-36)46(49)50)51-41(52-39)33-12-10-31(11-13-33)34-4-1-3-30(23-34)25-43-40(48)35-5-2-18-42-26-35/h1-18,23,26,38-39,41,47H,19-22,24-25,27-28H2,(H,43,48). The van der Waals surface area contributed by atoms with Crippen molar-refractivity contribution in [3.8, 4) is 11.1 Å². The number of aromatic nitrogens is 1. The predicted octanol–water partition coefficient (Wildman–Crippen LogP) is 6.45. The summed E-state index contributed by atoms with van der Waals surface area (Å²) in [7, 11) is 0. The molecule has 3 atom stereocenters. The van der Waals surface area contributed by atoms with E-state index in [4.69, 9.17) is 9.47 Å². The third-order valence-electron chi connectivity index (χ3n) is 9.69. The molecule has 0 bridgehead atoms. The molecule has 52 heavy (non-hydrogen) atoms. The Morgan fingerprint density at radius 1 is 0.846 bits per heavy atom. The lowest BCUT2D eigenvalue weighted by molar-refractivity contribution is -0.384. The van der Waals surface area contributed by atoms with Crippen LogP contribution in [0.1, 0.15) is 51.4 Å². The second-order valence-corrected chi connectivity index (χ2v) is 13.2. The number of nitro groups is 1. The highest BCUT2D eigenvalue weighted by molar-refractivity contribution is 5.93. The summed E-state index contributed by atoms with van der Waals surface area (Å²) in [5.41, 5.74) is 7.50. The van der Waals surface area contributed by atoms with Crippen LogP contribution in [-0.4, -0.2) is 64.6 Å². The van der Waals surface area contributed by atoms with E-state index in [-0.39, 0.29) is 35.3 Å². The van der Waals surface area contributed by atoms with Crippen LogP contribution in [0.5, 0.6) is 0 Å². The molecule has 266 valence electrons. The molecule has 2 fully saturated rings. The van der Waals surface area contributed by atoms with Gasteiger partial charge in [-0.1, -0.05) is 66.7 Å². The molecule has 3 unspecified atom stereocenters. The van der Waals surface area contributed by atoms with Crippen molar-refractivity contribution < 1.29 is 24.3 Å². The van der Waals surface area contributed by atoms with Crippen molar-refractivity contribution in [3.05, 3.63) is 160 Å². The maximum atomic E-state index is 12.5. The van der Waals surface area contributed by atoms with Crippen molar-refractivity contribution in [2.75, 3.05) is 37.6 Å². The Balaban J connectivity index is 1.02. The van der Waals surface area contributed by atoms with Gasteiger partial charge < -0.3 is 24.8 Å². The number of aliphatic hydroxyl groups excluding tert-OH is 1. The number of aliphatic hydroxyl groups is 1. The van der Waals surface area contributed by atoms with Gasteiger partial charge in [-0.25, -0.2) is 0 Å². The maximum Gasteiger partial charge on any atom is 0.269 e. The molecule has 1 aromatic heterocycles. The number of benzene rings is 4. The Kier molecular flexibility index (Phi) is 10.9. The number of nitrogens with one attached hydrogen (secondary N) is 1. The van der Waals surface area contributed by atoms with Crippen LogP contribution in [0.25, 0.3) is 11.1 Å². The van der Waals surface area contributed by atoms with Gasteiger partial charge in [0.1, 0.15) is 0 Å². The van der Waals surface area contributed by atoms with Gasteiger partial charge in [0.15, 0.2) is 6.29 Å². The minimum Gasteiger partial charge on any atom is -0.392 e. The number of rotatable bonds is 11. The number of carbonyl (C=O) groups excluding carboxylic acids is 1. The molecule has 11 heteroatoms. The van der Waals surface area contributed by atoms with Gasteiger partial charge in [-0.2, -0.15) is 0 Å². The topological polar surface area (TPSA) is 130 Å². The molecule has 0 aliphatic carbocycles. The van der Waals surface area contributed by atoms with Crippen LogP contribution in [0.2, 0.25) is 0 Å². The quantitative estimate of drug-likeness (QED) is 0.118. The van der Waals surface area contributed by atoms with Gasteiger partial charge in [-0.15, -0.1) is 0 Å². The number of pyridine rings is 1. The number of hydrogen-bond acceptors (Lipinski definition) is 9. The third kappa shape index (κ3) is 8.52. The van der Waals surface area contributed by atoms with Gasteiger partial charge >= 0.3 is 0 Å². The van der Waals surface area contributed by atoms with E-state index in [2.05, 4.69) is 44.4 Å². The molecule has 11 nitrogen and oxygen atoms in total. The number of hydrogen-bond donors (Lipinski definition) is 2. The Bertz CT molecular complexity index is 1950. The fraction of sp³-hybridized carbons (Fsp3) is 0.268. The zero-order chi connectivity index (χ0) is 35.9. The maximum absolute atomic E-state index is 12.5. The fourth-order valence-electron chi connectivity index (χ4n) is 6.77. The van der Waals surface area contributed by atoms with Crippen LogP contribution >= 0.6 is 0 Å². The molecule has 1 amide bonds. The predicted molar refractivity (Wildman–Crippen MR) is 197 cm³/mol. The minimum atomic E-state index is -0.564. The first-order chi connectivity index (χ1) is 25.4. The van der Waals surface area contributed by atoms with Crippen molar-refractivity contribution in [1.82, 2.24) is 15.2 Å². The number of nitrogens with zero attached hydrogens (tertiary/aromatic N) is 4. The summed E-state index contributed by atoms with van der Waals surface area (Å²) in [6, 6.07) is 34.5. The van der Waals surface area contributed by atoms with Crippen LogP contribution in [0.3, 0.4) is 0 Å². The van der Waals surface area contributed by atoms with Crippen LogP contribution in [0.15, 0.2) is 122 Å². The molecule has 2 saturated heterocycles. The van der Waals surface area contributed by atoms with Gasteiger partial charge in [-0.3, -0.25) is 24.8 Å². The second kappa shape index (κ2) is 16.3. The Labute approximate surface area is 302 Å². The number of non-ortho nitro benzene ring substituents is 1. The van der Waals surface area contributed by atoms with Crippen molar-refractivity contribution in [3.63, 3.8) is 0 Å². The minimum absolute atomic E-state index is 0.0126. The summed E-state index contributed by atoms with van der Waals surface area (Å²) in [5.74, 6) is -0.166. The summed E-state index contributed by atoms with van der Waals surface area (Å²) >= 11 is 0. The molecule has 3 heterocycles. The van der Waals surface area contributed by atoms with Gasteiger partial charge in [0, 0.05) is 81.5 Å². The molecule has 2 aliphatic rings. The zero-order valence-electron chi connectivity index (χ0n) is 28.7. The van der Waals surface area contributed by atoms with Crippen molar-refractivity contribution in [2.45, 2.75) is 38.1 Å². The third-order valence-corrected chi connectivity index (χ3v) is 9.69. The summed E-state index contributed by atoms with van der Waals surface area (Å²) in [6.07, 6.45) is 3.06. The number of amides is 1. The Morgan fingerprint density at radius 3 is 2.29 bits per heavy atom. The number of nitro benzene ring substituents is 1. The van der Waals surface area contributed by atoms with E-state index in [0.717, 1.165) is 71.8 Å². The molecule has 0 saturated carbocycles. The summed E-state index contributed by atoms with van der Waals surface area (Å²) in [5, 5.41) is 23.6. The lowest BCUT2D eigenvalue weighted by Gasteiger charge is -2.41. The van der Waals surface area contributed by atoms with Crippen molar-refractivity contribution in [1.29, 1.82) is 0 Å². The first kappa shape index (κ1) is 35.0. The average molecular weight is 700 g/mol. The van der Waals surface area contributed by atoms with E-state index in [1.54, 1.807) is 36.7 Å². The normalized spacial score (nSPS) is 19.2. The summed E-state index contributed by atoms with van der Waals surface area (Å²) < 4.78 is 13.3. The number of anilines is 1. The first-order valence-electron chi connectivity index (χ1n) is 17.5. The van der Waals surface area contributed by atoms with Crippen LogP contribution in [0.4, 0.5) is 11.4 Å². The van der Waals surface area contributed by atoms with Crippen LogP contribution < -0.4 is 10.2 Å². The highest BCUT2D eigenvalue weighted by atomic mass is 16.7. The van der Waals surface area contributed by atoms with E-state index in [9.17, 15) is 20.0 Å². The Hall–Kier alpha value is -5.46. The molecule has 2 N–H and O–H groups in total. The molecule has 2 aliphatic heterocycles. The van der Waals surface area contributed by atoms with Gasteiger partial charge in [0.25, 0.3) is 11.6 Å². The van der Waals surface area contributed by atoms with Crippen molar-refractivity contribution >= 4 is 17.3 Å². The number of piperazine rings is 1. The van der Waals surface area contributed by atoms with Gasteiger partial charge in [0.05, 0.1) is 29.3 Å². The molecular weight excluding hydrogens is 658 g/mol. The van der Waals surface area contributed by atoms with Crippen molar-refractivity contribution in [2.24, 2.45) is 0 Å². The first-order valence-corrected chi connectivity index (χ1v) is 17.5. The molecular formula is C41H41N5O6. The fourth-order valence-corrected chi connectivity index (χ4v) is 6.77. The molecule has 7 rings (SSSR count). The van der Waals surface area contributed by atoms with E-state index in [0.29, 0.717) is 18.5 Å². The highest BCUT2D eigenvalue weighted by Gasteiger charge is 2.34. The summed E-state index contributed by atoms with van der Waals surface area (Å²) in [4.78, 5) is 31.9. The van der Waals surface area contributed by atoms with E-state index in [1.165, 1.54) is 0 Å². The second-order valence-electron chi connectivity index (χ2n) is 13.2. The molecule has 0 radical (unpaired) electrons. The molecule has 5 aromatic rings. The number of ether oxygens (including phenoxy) is 2. The van der Waals surface area contributed by atoms with E-state index in [1.807, 2.05) is 60.7 Å². The van der Waals surface area contributed by atoms with Crippen LogP contribution in [0, 0.1) is 10.1 Å². The Morgan fingerprint density at radius 2 is 1.60 bits per heavy atom. The van der Waals surface area contributed by atoms with Crippen LogP contribution in [-0.2, 0) is 22.6 Å². The average Bonchev–Trinajstić information content (AvgIpc) is 3.20.